The number of nitrogens with one attached hydrogen (secondary N) is 1. The molecule has 0 bridgehead atoms. The summed E-state index contributed by atoms with van der Waals surface area (Å²) >= 11 is 0.878. The van der Waals surface area contributed by atoms with Gasteiger partial charge >= 0.3 is 24.1 Å². The predicted octanol–water partition coefficient (Wildman–Crippen LogP) is 4.00. The fraction of sp³-hybridized carbons (Fsp3) is 0.509. The van der Waals surface area contributed by atoms with E-state index in [2.05, 4.69) is 5.32 Å². The van der Waals surface area contributed by atoms with Gasteiger partial charge in [0.25, 0.3) is 11.8 Å². The zero-order chi connectivity index (χ0) is 62.6. The number of rotatable bonds is 36. The van der Waals surface area contributed by atoms with Crippen LogP contribution in [0.15, 0.2) is 72.9 Å². The number of nitrogens with zero attached hydrogens (tertiary/aromatic N) is 4. The highest BCUT2D eigenvalue weighted by atomic mass is 32.2. The van der Waals surface area contributed by atoms with Crippen LogP contribution in [0.1, 0.15) is 70.2 Å². The number of aromatic nitrogens is 1. The van der Waals surface area contributed by atoms with Crippen LogP contribution in [0.4, 0.5) is 22.0 Å². The van der Waals surface area contributed by atoms with E-state index in [0.717, 1.165) is 52.6 Å². The monoisotopic (exact) mass is 1210 g/mol. The molecule has 0 aliphatic carbocycles. The van der Waals surface area contributed by atoms with Gasteiger partial charge in [-0.15, -0.1) is 11.8 Å². The lowest BCUT2D eigenvalue weighted by atomic mass is 9.83. The molecule has 0 saturated carbocycles. The summed E-state index contributed by atoms with van der Waals surface area (Å²) in [5.74, 6) is -11.2. The number of carbonyl (C=O) groups is 9. The van der Waals surface area contributed by atoms with Crippen molar-refractivity contribution < 1.29 is 99.4 Å². The van der Waals surface area contributed by atoms with Gasteiger partial charge in [0.1, 0.15) is 23.7 Å². The fourth-order valence-electron chi connectivity index (χ4n) is 8.14. The number of benzene rings is 2. The van der Waals surface area contributed by atoms with E-state index in [1.807, 2.05) is 55.7 Å². The van der Waals surface area contributed by atoms with Gasteiger partial charge in [-0.05, 0) is 54.6 Å². The van der Waals surface area contributed by atoms with Crippen molar-refractivity contribution in [1.82, 2.24) is 24.6 Å². The van der Waals surface area contributed by atoms with Gasteiger partial charge < -0.3 is 60.5 Å². The fourth-order valence-corrected chi connectivity index (χ4v) is 9.11. The summed E-state index contributed by atoms with van der Waals surface area (Å²) in [4.78, 5) is 113. The second kappa shape index (κ2) is 35.9. The van der Waals surface area contributed by atoms with Crippen molar-refractivity contribution >= 4 is 65.1 Å². The number of imide groups is 2. The molecular weight excluding hydrogens is 1140 g/mol. The third-order valence-corrected chi connectivity index (χ3v) is 13.2. The number of carbonyl (C=O) groups excluding carboxylic acids is 6. The second-order valence-corrected chi connectivity index (χ2v) is 20.7. The van der Waals surface area contributed by atoms with Gasteiger partial charge in [0, 0.05) is 79.9 Å². The van der Waals surface area contributed by atoms with Crippen molar-refractivity contribution in [3.05, 3.63) is 95.8 Å². The number of carboxylic acid groups (broad SMARTS) is 3. The minimum Gasteiger partial charge on any atom is -0.480 e. The van der Waals surface area contributed by atoms with Gasteiger partial charge in [-0.2, -0.15) is 13.2 Å². The Morgan fingerprint density at radius 3 is 1.87 bits per heavy atom. The topological polar surface area (TPSA) is 330 Å². The zero-order valence-electron chi connectivity index (χ0n) is 46.7. The van der Waals surface area contributed by atoms with Gasteiger partial charge in [-0.1, -0.05) is 51.1 Å². The van der Waals surface area contributed by atoms with Crippen LogP contribution < -0.4 is 16.8 Å². The average molecular weight is 1210 g/mol. The Balaban J connectivity index is 0.00000247. The number of nitrogens with two attached hydrogens (primary N) is 2. The normalized spacial score (nSPS) is 13.4. The molecule has 6 amide bonds. The first kappa shape index (κ1) is 71.1. The summed E-state index contributed by atoms with van der Waals surface area (Å²) in [6.45, 7) is 7.73. The average Bonchev–Trinajstić information content (AvgIpc) is 2.17. The van der Waals surface area contributed by atoms with Gasteiger partial charge in [0.15, 0.2) is 0 Å². The highest BCUT2D eigenvalue weighted by Gasteiger charge is 2.40. The molecule has 2 heterocycles. The Morgan fingerprint density at radius 2 is 1.32 bits per heavy atom. The molecule has 3 aromatic rings. The lowest BCUT2D eigenvalue weighted by Crippen LogP contribution is -2.51. The first-order valence-electron chi connectivity index (χ1n) is 26.4. The highest BCUT2D eigenvalue weighted by Crippen LogP contribution is 2.41. The van der Waals surface area contributed by atoms with E-state index in [0.29, 0.717) is 29.1 Å². The molecule has 0 unspecified atom stereocenters. The number of ether oxygens (including phenoxy) is 4. The minimum atomic E-state index is -5.08. The van der Waals surface area contributed by atoms with Crippen molar-refractivity contribution in [2.24, 2.45) is 16.9 Å². The van der Waals surface area contributed by atoms with Crippen LogP contribution >= 0.6 is 11.8 Å². The van der Waals surface area contributed by atoms with Crippen molar-refractivity contribution in [3.8, 4) is 11.1 Å². The first-order valence-corrected chi connectivity index (χ1v) is 27.6. The number of hydrogen-bond acceptors (Lipinski definition) is 16. The summed E-state index contributed by atoms with van der Waals surface area (Å²) in [6.07, 6.45) is -2.10. The Morgan fingerprint density at radius 1 is 0.750 bits per heavy atom. The number of amides is 6. The molecule has 0 fully saturated rings. The number of halogens is 5. The Hall–Kier alpha value is -7.15. The molecule has 1 aliphatic rings. The van der Waals surface area contributed by atoms with E-state index in [9.17, 15) is 66.1 Å². The molecule has 0 saturated heterocycles. The van der Waals surface area contributed by atoms with E-state index >= 15 is 4.39 Å². The van der Waals surface area contributed by atoms with Gasteiger partial charge in [-0.3, -0.25) is 43.4 Å². The van der Waals surface area contributed by atoms with Crippen LogP contribution in [0.3, 0.4) is 0 Å². The molecule has 1 aliphatic heterocycles. The molecule has 8 N–H and O–H groups in total. The van der Waals surface area contributed by atoms with E-state index in [-0.39, 0.29) is 103 Å². The molecule has 29 heteroatoms. The molecule has 464 valence electrons. The lowest BCUT2D eigenvalue weighted by Gasteiger charge is -2.41. The van der Waals surface area contributed by atoms with E-state index in [4.69, 9.17) is 40.3 Å². The van der Waals surface area contributed by atoms with Crippen LogP contribution in [-0.2, 0) is 68.6 Å². The summed E-state index contributed by atoms with van der Waals surface area (Å²) in [7, 11) is 0. The standard InChI is InChI=1S/C53H71F2N7O14S.C2HF3O2/c1-53(2,3)50(42-30-37(39-31-38(54)10-11-40(39)55)33-59(42)32-36-8-5-4-6-9-36)61(20-7-18-56)49(68)35-77-34-43(52(71)72)62(47(66)13-12-41(57)51(69)70)48(67)17-22-73-24-26-75-28-29-76-27-25-74-23-19-58-44(63)16-21-60-45(64)14-15-46(60)65;3-2(4,5)1(6)7/h4-6,8-11,14-15,30-31,33,41,43,50H,7,12-13,16-29,32,34-35,56-57H2,1-3H3,(H,58,63)(H,69,70)(H,71,72);(H,6,7)/t41-,43-,50-;/m0./s1. The van der Waals surface area contributed by atoms with Crippen molar-refractivity contribution in [2.45, 2.75) is 83.7 Å². The number of thioether (sulfide) groups is 1. The van der Waals surface area contributed by atoms with E-state index in [1.54, 1.807) is 17.2 Å². The third kappa shape index (κ3) is 24.6. The SMILES string of the molecule is CC(C)(C)[C@H](c1cc(-c2cc(F)ccc2F)cn1Cc1ccccc1)N(CCCN)C(=O)CSC[C@@H](C(=O)O)N(C(=O)CCOCCOCCOCCOCCNC(=O)CCN1C(=O)C=CC1=O)C(=O)CC[C@H](N)C(=O)O.O=C(O)C(F)(F)F. The molecule has 4 rings (SSSR count). The second-order valence-electron chi connectivity index (χ2n) is 19.7. The maximum absolute atomic E-state index is 15.3. The van der Waals surface area contributed by atoms with Crippen LogP contribution in [-0.4, -0.2) is 197 Å². The quantitative estimate of drug-likeness (QED) is 0.0272. The van der Waals surface area contributed by atoms with Crippen molar-refractivity contribution in [3.63, 3.8) is 0 Å². The summed E-state index contributed by atoms with van der Waals surface area (Å²) < 4.78 is 85.3. The van der Waals surface area contributed by atoms with E-state index < -0.39 is 114 Å². The molecule has 23 nitrogen and oxygen atoms in total. The van der Waals surface area contributed by atoms with Crippen molar-refractivity contribution in [2.75, 3.05) is 90.5 Å². The van der Waals surface area contributed by atoms with Crippen LogP contribution in [0.2, 0.25) is 0 Å². The maximum Gasteiger partial charge on any atom is 0.490 e. The lowest BCUT2D eigenvalue weighted by molar-refractivity contribution is -0.192. The minimum absolute atomic E-state index is 0.0140. The van der Waals surface area contributed by atoms with Gasteiger partial charge in [0.05, 0.1) is 71.1 Å². The van der Waals surface area contributed by atoms with Gasteiger partial charge in [0.2, 0.25) is 23.6 Å². The van der Waals surface area contributed by atoms with Crippen molar-refractivity contribution in [1.29, 1.82) is 0 Å². The number of aliphatic carboxylic acids is 3. The molecule has 0 spiro atoms. The summed E-state index contributed by atoms with van der Waals surface area (Å²) in [5, 5.41) is 29.5. The Bertz CT molecular complexity index is 2690. The smallest absolute Gasteiger partial charge is 0.480 e. The number of hydrogen-bond donors (Lipinski definition) is 6. The van der Waals surface area contributed by atoms with Crippen LogP contribution in [0.25, 0.3) is 11.1 Å². The summed E-state index contributed by atoms with van der Waals surface area (Å²) in [5.41, 5.74) is 12.9. The van der Waals surface area contributed by atoms with Crippen LogP contribution in [0, 0.1) is 17.0 Å². The molecule has 0 radical (unpaired) electrons. The maximum atomic E-state index is 15.3. The molecule has 84 heavy (non-hydrogen) atoms. The summed E-state index contributed by atoms with van der Waals surface area (Å²) in [6, 6.07) is 10.4. The van der Waals surface area contributed by atoms with Crippen LogP contribution in [0.5, 0.6) is 0 Å². The number of carboxylic acids is 3. The zero-order valence-corrected chi connectivity index (χ0v) is 47.5. The number of alkyl halides is 3. The van der Waals surface area contributed by atoms with E-state index in [1.165, 1.54) is 0 Å². The molecular formula is C55H72F5N7O16S. The first-order chi connectivity index (χ1) is 39.7. The third-order valence-electron chi connectivity index (χ3n) is 12.2. The van der Waals surface area contributed by atoms with Gasteiger partial charge in [-0.25, -0.2) is 18.4 Å². The Kier molecular flexibility index (Phi) is 30.4. The predicted molar refractivity (Wildman–Crippen MR) is 293 cm³/mol. The highest BCUT2D eigenvalue weighted by molar-refractivity contribution is 8.00. The molecule has 1 aromatic heterocycles. The molecule has 3 atom stereocenters. The largest absolute Gasteiger partial charge is 0.490 e. The Labute approximate surface area is 485 Å². The molecule has 2 aromatic carbocycles.